The molecule has 1 heterocycles. The van der Waals surface area contributed by atoms with Crippen molar-refractivity contribution in [1.82, 2.24) is 14.9 Å². The zero-order valence-electron chi connectivity index (χ0n) is 12.2. The number of carbonyl (C=O) groups is 1. The Morgan fingerprint density at radius 1 is 1.52 bits per heavy atom. The van der Waals surface area contributed by atoms with Gasteiger partial charge in [0.15, 0.2) is 0 Å². The molecule has 0 radical (unpaired) electrons. The molecule has 4 nitrogen and oxygen atoms in total. The monoisotopic (exact) mass is 311 g/mol. The number of aromatic nitrogens is 2. The minimum Gasteiger partial charge on any atom is -0.354 e. The molecule has 2 rings (SSSR count). The van der Waals surface area contributed by atoms with Gasteiger partial charge in [0.2, 0.25) is 5.91 Å². The highest BCUT2D eigenvalue weighted by Crippen LogP contribution is 2.19. The normalized spacial score (nSPS) is 12.6. The maximum absolute atomic E-state index is 13.2. The topological polar surface area (TPSA) is 46.9 Å². The van der Waals surface area contributed by atoms with Crippen LogP contribution in [0, 0.1) is 5.82 Å². The Balaban J connectivity index is 2.15. The average molecular weight is 312 g/mol. The van der Waals surface area contributed by atoms with Crippen molar-refractivity contribution in [3.05, 3.63) is 29.8 Å². The molecule has 0 saturated heterocycles. The number of aryl methyl sites for hydroxylation is 1. The number of imidazole rings is 1. The summed E-state index contributed by atoms with van der Waals surface area (Å²) in [5, 5.41) is 2.92. The van der Waals surface area contributed by atoms with Crippen molar-refractivity contribution in [2.75, 3.05) is 0 Å². The lowest BCUT2D eigenvalue weighted by Crippen LogP contribution is -2.32. The number of hydrogen-bond donors (Lipinski definition) is 1. The minimum absolute atomic E-state index is 0.00571. The van der Waals surface area contributed by atoms with Gasteiger partial charge < -0.3 is 9.88 Å². The van der Waals surface area contributed by atoms with Crippen molar-refractivity contribution in [2.45, 2.75) is 45.2 Å². The molecule has 21 heavy (non-hydrogen) atoms. The average Bonchev–Trinajstić information content (AvgIpc) is 2.81. The number of amides is 1. The molecule has 0 aliphatic rings. The van der Waals surface area contributed by atoms with Crippen LogP contribution in [0.2, 0.25) is 0 Å². The first-order valence-electron chi connectivity index (χ1n) is 7.05. The lowest BCUT2D eigenvalue weighted by Gasteiger charge is -2.12. The smallest absolute Gasteiger partial charge is 0.221 e. The van der Waals surface area contributed by atoms with E-state index in [1.54, 1.807) is 6.07 Å². The first-order chi connectivity index (χ1) is 10.0. The molecule has 1 aromatic carbocycles. The molecule has 0 fully saturated rings. The van der Waals surface area contributed by atoms with Crippen LogP contribution in [0.4, 0.5) is 4.39 Å². The lowest BCUT2D eigenvalue weighted by atomic mass is 10.2. The molecule has 1 N–H and O–H groups in total. The van der Waals surface area contributed by atoms with Gasteiger partial charge in [-0.05, 0) is 25.5 Å². The van der Waals surface area contributed by atoms with Crippen molar-refractivity contribution in [2.24, 2.45) is 0 Å². The molecule has 0 saturated carbocycles. The maximum atomic E-state index is 13.2. The zero-order valence-corrected chi connectivity index (χ0v) is 13.0. The van der Waals surface area contributed by atoms with Crippen LogP contribution in [0.5, 0.6) is 0 Å². The summed E-state index contributed by atoms with van der Waals surface area (Å²) in [6.45, 7) is 4.47. The Bertz CT molecular complexity index is 641. The maximum Gasteiger partial charge on any atom is 0.221 e. The summed E-state index contributed by atoms with van der Waals surface area (Å²) in [6, 6.07) is 4.60. The Morgan fingerprint density at radius 3 is 2.95 bits per heavy atom. The van der Waals surface area contributed by atoms with Crippen LogP contribution in [-0.2, 0) is 17.2 Å². The van der Waals surface area contributed by atoms with Crippen LogP contribution >= 0.6 is 11.6 Å². The van der Waals surface area contributed by atoms with Crippen LogP contribution in [0.25, 0.3) is 11.0 Å². The number of nitrogens with zero attached hydrogens (tertiary/aromatic N) is 2. The number of hydrogen-bond acceptors (Lipinski definition) is 2. The Kier molecular flexibility index (Phi) is 5.17. The number of rotatable bonds is 6. The van der Waals surface area contributed by atoms with E-state index in [1.165, 1.54) is 12.1 Å². The van der Waals surface area contributed by atoms with Crippen molar-refractivity contribution in [1.29, 1.82) is 0 Å². The summed E-state index contributed by atoms with van der Waals surface area (Å²) in [5.41, 5.74) is 1.36. The fourth-order valence-corrected chi connectivity index (χ4v) is 2.37. The third kappa shape index (κ3) is 3.73. The van der Waals surface area contributed by atoms with E-state index in [1.807, 2.05) is 18.4 Å². The van der Waals surface area contributed by atoms with Gasteiger partial charge >= 0.3 is 0 Å². The van der Waals surface area contributed by atoms with Gasteiger partial charge in [-0.25, -0.2) is 9.37 Å². The fourth-order valence-electron chi connectivity index (χ4n) is 2.17. The molecule has 2 aromatic rings. The van der Waals surface area contributed by atoms with E-state index < -0.39 is 0 Å². The van der Waals surface area contributed by atoms with Crippen molar-refractivity contribution >= 4 is 28.5 Å². The summed E-state index contributed by atoms with van der Waals surface area (Å²) in [4.78, 5) is 16.2. The Hall–Kier alpha value is -1.62. The first kappa shape index (κ1) is 15.8. The quantitative estimate of drug-likeness (QED) is 0.833. The number of carbonyl (C=O) groups excluding carboxylic acids is 1. The summed E-state index contributed by atoms with van der Waals surface area (Å²) in [5.74, 6) is 0.536. The summed E-state index contributed by atoms with van der Waals surface area (Å²) in [6.07, 6.45) is 1.24. The van der Waals surface area contributed by atoms with Gasteiger partial charge in [0, 0.05) is 25.1 Å². The number of nitrogens with one attached hydrogen (secondary N) is 1. The third-order valence-electron chi connectivity index (χ3n) is 3.49. The highest BCUT2D eigenvalue weighted by atomic mass is 35.5. The van der Waals surface area contributed by atoms with E-state index in [9.17, 15) is 9.18 Å². The van der Waals surface area contributed by atoms with Crippen molar-refractivity contribution < 1.29 is 9.18 Å². The van der Waals surface area contributed by atoms with Crippen molar-refractivity contribution in [3.8, 4) is 0 Å². The van der Waals surface area contributed by atoms with Gasteiger partial charge in [0.1, 0.15) is 11.6 Å². The largest absolute Gasteiger partial charge is 0.354 e. The highest BCUT2D eigenvalue weighted by Gasteiger charge is 2.12. The highest BCUT2D eigenvalue weighted by molar-refractivity contribution is 6.16. The fraction of sp³-hybridized carbons (Fsp3) is 0.467. The number of halogens is 2. The molecule has 1 amide bonds. The molecular formula is C15H19ClFN3O. The molecule has 0 aliphatic heterocycles. The molecule has 1 atom stereocenters. The zero-order chi connectivity index (χ0) is 15.4. The predicted molar refractivity (Wildman–Crippen MR) is 81.8 cm³/mol. The van der Waals surface area contributed by atoms with Crippen molar-refractivity contribution in [3.63, 3.8) is 0 Å². The summed E-state index contributed by atoms with van der Waals surface area (Å²) in [7, 11) is 0. The van der Waals surface area contributed by atoms with E-state index >= 15 is 0 Å². The third-order valence-corrected chi connectivity index (χ3v) is 3.73. The van der Waals surface area contributed by atoms with Crippen LogP contribution in [0.1, 0.15) is 32.5 Å². The molecule has 1 aromatic heterocycles. The minimum atomic E-state index is -0.331. The summed E-state index contributed by atoms with van der Waals surface area (Å²) < 4.78 is 15.1. The van der Waals surface area contributed by atoms with Crippen LogP contribution in [0.3, 0.4) is 0 Å². The number of benzene rings is 1. The van der Waals surface area contributed by atoms with Gasteiger partial charge in [0.25, 0.3) is 0 Å². The molecular weight excluding hydrogens is 293 g/mol. The van der Waals surface area contributed by atoms with Gasteiger partial charge in [-0.2, -0.15) is 0 Å². The molecule has 0 bridgehead atoms. The lowest BCUT2D eigenvalue weighted by molar-refractivity contribution is -0.121. The van der Waals surface area contributed by atoms with Gasteiger partial charge in [-0.1, -0.05) is 6.92 Å². The second-order valence-electron chi connectivity index (χ2n) is 5.07. The van der Waals surface area contributed by atoms with E-state index in [0.29, 0.717) is 24.3 Å². The van der Waals surface area contributed by atoms with E-state index in [2.05, 4.69) is 10.3 Å². The second-order valence-corrected chi connectivity index (χ2v) is 5.34. The van der Waals surface area contributed by atoms with E-state index in [-0.39, 0.29) is 23.6 Å². The molecule has 114 valence electrons. The van der Waals surface area contributed by atoms with Gasteiger partial charge in [-0.15, -0.1) is 11.6 Å². The standard InChI is InChI=1S/C15H19ClFN3O/c1-3-10(2)18-15(21)6-7-20-13-5-4-11(17)8-12(13)19-14(20)9-16/h4-5,8,10H,3,6-7,9H2,1-2H3,(H,18,21). The van der Waals surface area contributed by atoms with E-state index in [4.69, 9.17) is 11.6 Å². The first-order valence-corrected chi connectivity index (χ1v) is 7.58. The molecule has 0 aliphatic carbocycles. The Labute approximate surface area is 128 Å². The molecule has 1 unspecified atom stereocenters. The van der Waals surface area contributed by atoms with Crippen LogP contribution in [0.15, 0.2) is 18.2 Å². The number of fused-ring (bicyclic) bond motifs is 1. The molecule has 0 spiro atoms. The van der Waals surface area contributed by atoms with Gasteiger partial charge in [-0.3, -0.25) is 4.79 Å². The summed E-state index contributed by atoms with van der Waals surface area (Å²) >= 11 is 5.89. The SMILES string of the molecule is CCC(C)NC(=O)CCn1c(CCl)nc2cc(F)ccc21. The Morgan fingerprint density at radius 2 is 2.29 bits per heavy atom. The van der Waals surface area contributed by atoms with E-state index in [0.717, 1.165) is 11.9 Å². The number of alkyl halides is 1. The van der Waals surface area contributed by atoms with Crippen LogP contribution < -0.4 is 5.32 Å². The predicted octanol–water partition coefficient (Wildman–Crippen LogP) is 3.22. The van der Waals surface area contributed by atoms with Gasteiger partial charge in [0.05, 0.1) is 16.9 Å². The second kappa shape index (κ2) is 6.89. The van der Waals surface area contributed by atoms with Crippen LogP contribution in [-0.4, -0.2) is 21.5 Å². The molecule has 6 heteroatoms.